The average molecular weight is 468 g/mol. The van der Waals surface area contributed by atoms with Crippen LogP contribution in [0.4, 0.5) is 5.69 Å². The van der Waals surface area contributed by atoms with Crippen molar-refractivity contribution in [3.05, 3.63) is 59.7 Å². The van der Waals surface area contributed by atoms with E-state index in [9.17, 15) is 0 Å². The minimum atomic E-state index is 0. The van der Waals surface area contributed by atoms with Crippen LogP contribution in [0, 0.1) is 0 Å². The number of benzene rings is 2. The molecular formula is C20H29IN4O. The number of rotatable bonds is 8. The van der Waals surface area contributed by atoms with E-state index in [2.05, 4.69) is 34.3 Å². The molecular weight excluding hydrogens is 439 g/mol. The van der Waals surface area contributed by atoms with E-state index >= 15 is 0 Å². The van der Waals surface area contributed by atoms with Crippen molar-refractivity contribution in [2.45, 2.75) is 19.9 Å². The monoisotopic (exact) mass is 468 g/mol. The molecule has 0 saturated heterocycles. The van der Waals surface area contributed by atoms with Crippen LogP contribution in [0.15, 0.2) is 53.5 Å². The molecule has 0 aliphatic rings. The first kappa shape index (κ1) is 22.2. The van der Waals surface area contributed by atoms with Gasteiger partial charge in [-0.15, -0.1) is 24.0 Å². The maximum absolute atomic E-state index is 5.98. The number of guanidine groups is 1. The number of aryl methyl sites for hydroxylation is 1. The highest BCUT2D eigenvalue weighted by Crippen LogP contribution is 2.14. The Morgan fingerprint density at radius 1 is 1.12 bits per heavy atom. The van der Waals surface area contributed by atoms with Gasteiger partial charge in [0.2, 0.25) is 0 Å². The van der Waals surface area contributed by atoms with Gasteiger partial charge in [0, 0.05) is 12.2 Å². The molecule has 0 heterocycles. The highest BCUT2D eigenvalue weighted by molar-refractivity contribution is 14.0. The number of likely N-dealkylation sites (N-methyl/N-ethyl adjacent to an activating group) is 1. The van der Waals surface area contributed by atoms with Gasteiger partial charge in [-0.2, -0.15) is 0 Å². The van der Waals surface area contributed by atoms with Gasteiger partial charge in [-0.25, -0.2) is 4.99 Å². The third kappa shape index (κ3) is 8.05. The number of hydrogen-bond acceptors (Lipinski definition) is 3. The topological polar surface area (TPSA) is 62.9 Å². The predicted octanol–water partition coefficient (Wildman–Crippen LogP) is 3.73. The van der Waals surface area contributed by atoms with Crippen LogP contribution < -0.4 is 15.8 Å². The van der Waals surface area contributed by atoms with Crippen LogP contribution in [0.1, 0.15) is 18.1 Å². The third-order valence-corrected chi connectivity index (χ3v) is 3.77. The number of hydrogen-bond donors (Lipinski definition) is 2. The zero-order valence-corrected chi connectivity index (χ0v) is 18.1. The summed E-state index contributed by atoms with van der Waals surface area (Å²) in [6.45, 7) is 4.20. The summed E-state index contributed by atoms with van der Waals surface area (Å²) in [5, 5.41) is 3.12. The second-order valence-electron chi connectivity index (χ2n) is 6.18. The van der Waals surface area contributed by atoms with Gasteiger partial charge in [0.15, 0.2) is 5.96 Å². The molecule has 0 aliphatic heterocycles. The number of aliphatic imine (C=N–C) groups is 1. The van der Waals surface area contributed by atoms with Crippen molar-refractivity contribution in [1.29, 1.82) is 0 Å². The first-order valence-electron chi connectivity index (χ1n) is 8.59. The second kappa shape index (κ2) is 11.7. The average Bonchev–Trinajstić information content (AvgIpc) is 2.61. The minimum absolute atomic E-state index is 0. The molecule has 2 aromatic rings. The van der Waals surface area contributed by atoms with E-state index < -0.39 is 0 Å². The maximum Gasteiger partial charge on any atom is 0.193 e. The highest BCUT2D eigenvalue weighted by Gasteiger charge is 1.99. The Morgan fingerprint density at radius 3 is 2.50 bits per heavy atom. The van der Waals surface area contributed by atoms with Crippen molar-refractivity contribution >= 4 is 35.6 Å². The molecule has 142 valence electrons. The van der Waals surface area contributed by atoms with Crippen LogP contribution >= 0.6 is 24.0 Å². The first-order chi connectivity index (χ1) is 12.1. The van der Waals surface area contributed by atoms with Crippen molar-refractivity contribution < 1.29 is 4.74 Å². The summed E-state index contributed by atoms with van der Waals surface area (Å²) in [4.78, 5) is 6.49. The lowest BCUT2D eigenvalue weighted by Crippen LogP contribution is -2.22. The fourth-order valence-electron chi connectivity index (χ4n) is 2.27. The number of ether oxygens (including phenoxy) is 1. The smallest absolute Gasteiger partial charge is 0.193 e. The number of anilines is 1. The molecule has 0 saturated carbocycles. The highest BCUT2D eigenvalue weighted by atomic mass is 127. The molecule has 0 unspecified atom stereocenters. The maximum atomic E-state index is 5.98. The van der Waals surface area contributed by atoms with Crippen LogP contribution in [0.2, 0.25) is 0 Å². The summed E-state index contributed by atoms with van der Waals surface area (Å²) < 4.78 is 5.74. The Balaban J connectivity index is 0.00000338. The molecule has 26 heavy (non-hydrogen) atoms. The van der Waals surface area contributed by atoms with Gasteiger partial charge in [0.05, 0.1) is 6.54 Å². The molecule has 0 amide bonds. The Morgan fingerprint density at radius 2 is 1.85 bits per heavy atom. The summed E-state index contributed by atoms with van der Waals surface area (Å²) in [6, 6.07) is 16.2. The second-order valence-corrected chi connectivity index (χ2v) is 6.18. The van der Waals surface area contributed by atoms with E-state index in [0.29, 0.717) is 19.1 Å². The normalized spacial score (nSPS) is 11.2. The quantitative estimate of drug-likeness (QED) is 0.352. The number of halogens is 1. The summed E-state index contributed by atoms with van der Waals surface area (Å²) in [5.74, 6) is 1.26. The molecule has 0 radical (unpaired) electrons. The van der Waals surface area contributed by atoms with E-state index in [1.165, 1.54) is 5.56 Å². The van der Waals surface area contributed by atoms with Crippen molar-refractivity contribution in [2.24, 2.45) is 10.7 Å². The molecule has 0 spiro atoms. The van der Waals surface area contributed by atoms with Gasteiger partial charge < -0.3 is 20.7 Å². The van der Waals surface area contributed by atoms with E-state index in [-0.39, 0.29) is 24.0 Å². The van der Waals surface area contributed by atoms with Crippen LogP contribution in [0.5, 0.6) is 5.75 Å². The Hall–Kier alpha value is -1.80. The lowest BCUT2D eigenvalue weighted by atomic mass is 10.1. The molecule has 0 atom stereocenters. The fourth-order valence-corrected chi connectivity index (χ4v) is 2.27. The zero-order chi connectivity index (χ0) is 18.1. The Labute approximate surface area is 173 Å². The van der Waals surface area contributed by atoms with Crippen molar-refractivity contribution in [2.75, 3.05) is 32.6 Å². The molecule has 0 fully saturated rings. The lowest BCUT2D eigenvalue weighted by molar-refractivity contribution is 0.261. The Kier molecular flexibility index (Phi) is 10.0. The standard InChI is InChI=1S/C20H28N4O.HI/c1-4-16-8-10-18(11-9-16)23-20(21)22-15-17-6-5-7-19(14-17)25-13-12-24(2)3;/h5-11,14H,4,12-13,15H2,1-3H3,(H3,21,22,23);1H. The SMILES string of the molecule is CCc1ccc(NC(N)=NCc2cccc(OCCN(C)C)c2)cc1.I. The minimum Gasteiger partial charge on any atom is -0.492 e. The molecule has 3 N–H and O–H groups in total. The van der Waals surface area contributed by atoms with Gasteiger partial charge in [0.1, 0.15) is 12.4 Å². The van der Waals surface area contributed by atoms with E-state index in [1.54, 1.807) is 0 Å². The van der Waals surface area contributed by atoms with Crippen molar-refractivity contribution in [3.63, 3.8) is 0 Å². The van der Waals surface area contributed by atoms with Crippen LogP contribution in [-0.2, 0) is 13.0 Å². The van der Waals surface area contributed by atoms with E-state index in [1.807, 2.05) is 50.5 Å². The lowest BCUT2D eigenvalue weighted by Gasteiger charge is -2.11. The largest absolute Gasteiger partial charge is 0.492 e. The zero-order valence-electron chi connectivity index (χ0n) is 15.7. The molecule has 5 nitrogen and oxygen atoms in total. The number of nitrogens with one attached hydrogen (secondary N) is 1. The molecule has 0 bridgehead atoms. The molecule has 2 rings (SSSR count). The van der Waals surface area contributed by atoms with Gasteiger partial charge in [0.25, 0.3) is 0 Å². The molecule has 0 aromatic heterocycles. The van der Waals surface area contributed by atoms with Gasteiger partial charge in [-0.3, -0.25) is 0 Å². The van der Waals surface area contributed by atoms with Crippen molar-refractivity contribution in [1.82, 2.24) is 4.90 Å². The van der Waals surface area contributed by atoms with E-state index in [4.69, 9.17) is 10.5 Å². The number of nitrogens with two attached hydrogens (primary N) is 1. The molecule has 2 aromatic carbocycles. The molecule has 6 heteroatoms. The molecule has 0 aliphatic carbocycles. The summed E-state index contributed by atoms with van der Waals surface area (Å²) in [5.41, 5.74) is 9.28. The van der Waals surface area contributed by atoms with Crippen LogP contribution in [-0.4, -0.2) is 38.1 Å². The third-order valence-electron chi connectivity index (χ3n) is 3.77. The summed E-state index contributed by atoms with van der Waals surface area (Å²) >= 11 is 0. The fraction of sp³-hybridized carbons (Fsp3) is 0.350. The Bertz CT molecular complexity index is 686. The van der Waals surface area contributed by atoms with Gasteiger partial charge >= 0.3 is 0 Å². The van der Waals surface area contributed by atoms with Gasteiger partial charge in [-0.05, 0) is 55.9 Å². The van der Waals surface area contributed by atoms with Crippen molar-refractivity contribution in [3.8, 4) is 5.75 Å². The summed E-state index contributed by atoms with van der Waals surface area (Å²) in [7, 11) is 4.06. The predicted molar refractivity (Wildman–Crippen MR) is 121 cm³/mol. The van der Waals surface area contributed by atoms with Crippen LogP contribution in [0.25, 0.3) is 0 Å². The van der Waals surface area contributed by atoms with Crippen LogP contribution in [0.3, 0.4) is 0 Å². The van der Waals surface area contributed by atoms with Gasteiger partial charge in [-0.1, -0.05) is 31.2 Å². The first-order valence-corrected chi connectivity index (χ1v) is 8.59. The van der Waals surface area contributed by atoms with E-state index in [0.717, 1.165) is 30.0 Å². The number of nitrogens with zero attached hydrogens (tertiary/aromatic N) is 2. The summed E-state index contributed by atoms with van der Waals surface area (Å²) in [6.07, 6.45) is 1.02.